The van der Waals surface area contributed by atoms with Crippen molar-refractivity contribution in [3.63, 3.8) is 0 Å². The minimum atomic E-state index is -4.57. The highest BCUT2D eigenvalue weighted by Crippen LogP contribution is 2.38. The lowest BCUT2D eigenvalue weighted by Crippen LogP contribution is -2.45. The maximum atomic E-state index is 12.6. The van der Waals surface area contributed by atoms with Gasteiger partial charge >= 0.3 is 6.18 Å². The van der Waals surface area contributed by atoms with Gasteiger partial charge in [0, 0.05) is 6.04 Å². The molecule has 1 atom stereocenters. The molecule has 1 aromatic rings. The fourth-order valence-electron chi connectivity index (χ4n) is 1.95. The second-order valence-electron chi connectivity index (χ2n) is 4.66. The zero-order valence-corrected chi connectivity index (χ0v) is 11.0. The standard InChI is InChI=1S/C10H14F3N3O2S/c1-7(8-2-3-8)16(5-10(11,12)13)19(17,18)9-4-14-6-15-9/h4,6-8H,2-3,5H2,1H3,(H,14,15). The molecule has 0 saturated heterocycles. The zero-order chi connectivity index (χ0) is 14.3. The van der Waals surface area contributed by atoms with Crippen LogP contribution in [-0.2, 0) is 10.0 Å². The molecule has 1 fully saturated rings. The summed E-state index contributed by atoms with van der Waals surface area (Å²) in [5, 5.41) is -0.316. The van der Waals surface area contributed by atoms with Crippen LogP contribution in [0.5, 0.6) is 0 Å². The van der Waals surface area contributed by atoms with Crippen LogP contribution in [-0.4, -0.2) is 41.5 Å². The van der Waals surface area contributed by atoms with Crippen molar-refractivity contribution in [1.82, 2.24) is 14.3 Å². The van der Waals surface area contributed by atoms with Crippen LogP contribution < -0.4 is 0 Å². The maximum Gasteiger partial charge on any atom is 0.402 e. The van der Waals surface area contributed by atoms with Gasteiger partial charge in [0.2, 0.25) is 0 Å². The second-order valence-corrected chi connectivity index (χ2v) is 6.52. The van der Waals surface area contributed by atoms with Crippen LogP contribution in [0.1, 0.15) is 19.8 Å². The third-order valence-corrected chi connectivity index (χ3v) is 5.01. The molecule has 0 spiro atoms. The van der Waals surface area contributed by atoms with Crippen LogP contribution in [0, 0.1) is 5.92 Å². The van der Waals surface area contributed by atoms with Crippen molar-refractivity contribution in [3.8, 4) is 0 Å². The van der Waals surface area contributed by atoms with Gasteiger partial charge in [-0.1, -0.05) is 0 Å². The fraction of sp³-hybridized carbons (Fsp3) is 0.700. The lowest BCUT2D eigenvalue weighted by atomic mass is 10.2. The van der Waals surface area contributed by atoms with Gasteiger partial charge in [0.1, 0.15) is 6.54 Å². The molecule has 108 valence electrons. The largest absolute Gasteiger partial charge is 0.402 e. The van der Waals surface area contributed by atoms with E-state index in [1.54, 1.807) is 0 Å². The number of nitrogens with one attached hydrogen (secondary N) is 1. The molecule has 19 heavy (non-hydrogen) atoms. The molecule has 5 nitrogen and oxygen atoms in total. The number of nitrogens with zero attached hydrogens (tertiary/aromatic N) is 2. The molecule has 0 aliphatic heterocycles. The quantitative estimate of drug-likeness (QED) is 0.900. The van der Waals surface area contributed by atoms with Crippen LogP contribution in [0.2, 0.25) is 0 Å². The summed E-state index contributed by atoms with van der Waals surface area (Å²) in [5.41, 5.74) is 0. The summed E-state index contributed by atoms with van der Waals surface area (Å²) in [5.74, 6) is 0.0000430. The van der Waals surface area contributed by atoms with Gasteiger partial charge in [0.15, 0.2) is 5.03 Å². The van der Waals surface area contributed by atoms with Gasteiger partial charge in [-0.25, -0.2) is 13.4 Å². The average Bonchev–Trinajstić information content (AvgIpc) is 2.98. The molecule has 1 aliphatic carbocycles. The minimum Gasteiger partial charge on any atom is -0.335 e. The number of imidazole rings is 1. The molecule has 1 aliphatic rings. The molecule has 1 unspecified atom stereocenters. The van der Waals surface area contributed by atoms with Gasteiger partial charge in [-0.05, 0) is 25.7 Å². The van der Waals surface area contributed by atoms with E-state index in [2.05, 4.69) is 9.97 Å². The second kappa shape index (κ2) is 4.78. The molecule has 0 bridgehead atoms. The van der Waals surface area contributed by atoms with Gasteiger partial charge in [0.25, 0.3) is 10.0 Å². The molecule has 1 N–H and O–H groups in total. The van der Waals surface area contributed by atoms with Crippen molar-refractivity contribution in [3.05, 3.63) is 12.5 Å². The fourth-order valence-corrected chi connectivity index (χ4v) is 3.52. The predicted molar refractivity (Wildman–Crippen MR) is 60.7 cm³/mol. The summed E-state index contributed by atoms with van der Waals surface area (Å²) >= 11 is 0. The number of alkyl halides is 3. The first-order valence-corrected chi connectivity index (χ1v) is 7.23. The third kappa shape index (κ3) is 3.27. The van der Waals surface area contributed by atoms with Crippen LogP contribution >= 0.6 is 0 Å². The van der Waals surface area contributed by atoms with Crippen LogP contribution in [0.3, 0.4) is 0 Å². The number of hydrogen-bond donors (Lipinski definition) is 1. The van der Waals surface area contributed by atoms with E-state index in [0.29, 0.717) is 4.31 Å². The van der Waals surface area contributed by atoms with Gasteiger partial charge in [-0.15, -0.1) is 0 Å². The Hall–Kier alpha value is -1.09. The molecule has 0 radical (unpaired) electrons. The van der Waals surface area contributed by atoms with E-state index in [1.165, 1.54) is 6.92 Å². The van der Waals surface area contributed by atoms with E-state index in [9.17, 15) is 21.6 Å². The number of H-pyrrole nitrogens is 1. The van der Waals surface area contributed by atoms with E-state index >= 15 is 0 Å². The van der Waals surface area contributed by atoms with E-state index in [4.69, 9.17) is 0 Å². The highest BCUT2D eigenvalue weighted by Gasteiger charge is 2.44. The SMILES string of the molecule is CC(C1CC1)N(CC(F)(F)F)S(=O)(=O)c1cnc[nH]1. The Morgan fingerprint density at radius 2 is 2.16 bits per heavy atom. The lowest BCUT2D eigenvalue weighted by Gasteiger charge is -2.28. The Morgan fingerprint density at radius 1 is 1.53 bits per heavy atom. The van der Waals surface area contributed by atoms with Gasteiger partial charge < -0.3 is 4.98 Å². The third-order valence-electron chi connectivity index (χ3n) is 3.15. The number of aromatic amines is 1. The summed E-state index contributed by atoms with van der Waals surface area (Å²) in [7, 11) is -4.20. The summed E-state index contributed by atoms with van der Waals surface area (Å²) in [4.78, 5) is 5.89. The average molecular weight is 297 g/mol. The van der Waals surface area contributed by atoms with E-state index in [-0.39, 0.29) is 10.9 Å². The number of aromatic nitrogens is 2. The van der Waals surface area contributed by atoms with Crippen molar-refractivity contribution in [1.29, 1.82) is 0 Å². The van der Waals surface area contributed by atoms with E-state index in [1.807, 2.05) is 0 Å². The molecule has 0 aromatic carbocycles. The molecule has 1 aromatic heterocycles. The Kier molecular flexibility index (Phi) is 3.61. The van der Waals surface area contributed by atoms with Crippen molar-refractivity contribution >= 4 is 10.0 Å². The highest BCUT2D eigenvalue weighted by molar-refractivity contribution is 7.89. The lowest BCUT2D eigenvalue weighted by molar-refractivity contribution is -0.139. The summed E-state index contributed by atoms with van der Waals surface area (Å²) < 4.78 is 62.7. The number of rotatable bonds is 5. The van der Waals surface area contributed by atoms with Crippen LogP contribution in [0.15, 0.2) is 17.6 Å². The minimum absolute atomic E-state index is 0.0000430. The Morgan fingerprint density at radius 3 is 2.58 bits per heavy atom. The molecule has 1 heterocycles. The first kappa shape index (κ1) is 14.3. The van der Waals surface area contributed by atoms with Crippen LogP contribution in [0.25, 0.3) is 0 Å². The van der Waals surface area contributed by atoms with Crippen molar-refractivity contribution < 1.29 is 21.6 Å². The number of hydrogen-bond acceptors (Lipinski definition) is 3. The van der Waals surface area contributed by atoms with Crippen molar-refractivity contribution in [2.75, 3.05) is 6.54 Å². The topological polar surface area (TPSA) is 66.1 Å². The van der Waals surface area contributed by atoms with Gasteiger partial charge in [-0.3, -0.25) is 0 Å². The number of sulfonamides is 1. The van der Waals surface area contributed by atoms with E-state index in [0.717, 1.165) is 25.4 Å². The molecule has 1 saturated carbocycles. The van der Waals surface area contributed by atoms with Gasteiger partial charge in [0.05, 0.1) is 12.5 Å². The first-order chi connectivity index (χ1) is 8.72. The summed E-state index contributed by atoms with van der Waals surface area (Å²) in [6.07, 6.45) is -0.920. The normalized spacial score (nSPS) is 18.8. The molecular weight excluding hydrogens is 283 g/mol. The van der Waals surface area contributed by atoms with Crippen molar-refractivity contribution in [2.45, 2.75) is 37.0 Å². The molecule has 2 rings (SSSR count). The smallest absolute Gasteiger partial charge is 0.335 e. The maximum absolute atomic E-state index is 12.6. The Labute approximate surface area is 108 Å². The zero-order valence-electron chi connectivity index (χ0n) is 10.2. The summed E-state index contributed by atoms with van der Waals surface area (Å²) in [6.45, 7) is 0.0311. The Bertz CT molecular complexity index is 523. The first-order valence-electron chi connectivity index (χ1n) is 5.79. The molecule has 0 amide bonds. The molecule has 9 heteroatoms. The summed E-state index contributed by atoms with van der Waals surface area (Å²) in [6, 6.07) is -0.671. The number of halogens is 3. The van der Waals surface area contributed by atoms with Gasteiger partial charge in [-0.2, -0.15) is 17.5 Å². The highest BCUT2D eigenvalue weighted by atomic mass is 32.2. The van der Waals surface area contributed by atoms with E-state index < -0.39 is 28.8 Å². The monoisotopic (exact) mass is 297 g/mol. The Balaban J connectivity index is 2.31. The predicted octanol–water partition coefficient (Wildman–Crippen LogP) is 1.76. The van der Waals surface area contributed by atoms with Crippen molar-refractivity contribution in [2.24, 2.45) is 5.92 Å². The molecular formula is C10H14F3N3O2S. The van der Waals surface area contributed by atoms with Crippen LogP contribution in [0.4, 0.5) is 13.2 Å².